The van der Waals surface area contributed by atoms with Gasteiger partial charge in [0.25, 0.3) is 0 Å². The topological polar surface area (TPSA) is 64.4 Å². The molecule has 4 nitrogen and oxygen atoms in total. The zero-order valence-electron chi connectivity index (χ0n) is 17.8. The minimum Gasteiger partial charge on any atom is -0.492 e. The molecule has 0 saturated heterocycles. The number of carbonyl (C=O) groups is 1. The molecule has 0 fully saturated rings. The van der Waals surface area contributed by atoms with Gasteiger partial charge >= 0.3 is 0 Å². The molecule has 0 aromatic heterocycles. The molecule has 0 atom stereocenters. The van der Waals surface area contributed by atoms with E-state index >= 15 is 0 Å². The molecule has 1 amide bonds. The van der Waals surface area contributed by atoms with Crippen LogP contribution in [0.3, 0.4) is 0 Å². The van der Waals surface area contributed by atoms with Crippen LogP contribution >= 0.6 is 0 Å². The number of amides is 1. The van der Waals surface area contributed by atoms with Gasteiger partial charge in [0.05, 0.1) is 6.04 Å². The van der Waals surface area contributed by atoms with Gasteiger partial charge in [-0.25, -0.2) is 0 Å². The zero-order valence-corrected chi connectivity index (χ0v) is 17.8. The first-order valence-corrected chi connectivity index (χ1v) is 10.7. The Morgan fingerprint density at radius 3 is 1.97 bits per heavy atom. The fourth-order valence-electron chi connectivity index (χ4n) is 3.69. The molecule has 0 saturated carbocycles. The van der Waals surface area contributed by atoms with E-state index in [0.717, 1.165) is 16.9 Å². The van der Waals surface area contributed by atoms with Crippen LogP contribution in [0.5, 0.6) is 5.75 Å². The van der Waals surface area contributed by atoms with E-state index in [4.69, 9.17) is 10.5 Å². The van der Waals surface area contributed by atoms with Gasteiger partial charge in [0.15, 0.2) is 0 Å². The monoisotopic (exact) mass is 422 g/mol. The van der Waals surface area contributed by atoms with Crippen LogP contribution in [0, 0.1) is 0 Å². The second kappa shape index (κ2) is 10.4. The summed E-state index contributed by atoms with van der Waals surface area (Å²) in [6, 6.07) is 36.1. The number of primary amides is 1. The first-order valence-electron chi connectivity index (χ1n) is 10.7. The van der Waals surface area contributed by atoms with Crippen molar-refractivity contribution < 1.29 is 9.53 Å². The minimum atomic E-state index is -0.427. The number of hydrogen-bond donors (Lipinski definition) is 2. The van der Waals surface area contributed by atoms with Crippen molar-refractivity contribution in [3.05, 3.63) is 126 Å². The molecule has 4 heteroatoms. The van der Waals surface area contributed by atoms with Crippen molar-refractivity contribution in [1.29, 1.82) is 0 Å². The van der Waals surface area contributed by atoms with Gasteiger partial charge in [0.1, 0.15) is 12.4 Å². The van der Waals surface area contributed by atoms with Gasteiger partial charge in [0, 0.05) is 12.1 Å². The summed E-state index contributed by atoms with van der Waals surface area (Å²) < 4.78 is 5.94. The van der Waals surface area contributed by atoms with E-state index in [1.165, 1.54) is 11.1 Å². The fraction of sp³-hybridized carbons (Fsp3) is 0.107. The predicted molar refractivity (Wildman–Crippen MR) is 129 cm³/mol. The smallest absolute Gasteiger partial charge is 0.248 e. The van der Waals surface area contributed by atoms with Crippen molar-refractivity contribution in [1.82, 2.24) is 5.32 Å². The van der Waals surface area contributed by atoms with Crippen molar-refractivity contribution in [2.24, 2.45) is 5.73 Å². The first kappa shape index (κ1) is 21.3. The SMILES string of the molecule is NC(=O)c1cccc(-c2ccc(OCCNC(c3ccccc3)c3ccccc3)cc2)c1. The molecule has 0 heterocycles. The summed E-state index contributed by atoms with van der Waals surface area (Å²) in [6.45, 7) is 1.25. The van der Waals surface area contributed by atoms with Gasteiger partial charge in [-0.2, -0.15) is 0 Å². The molecule has 0 aliphatic carbocycles. The average molecular weight is 423 g/mol. The molecule has 3 N–H and O–H groups in total. The Morgan fingerprint density at radius 2 is 1.38 bits per heavy atom. The standard InChI is InChI=1S/C28H26N2O2/c29-28(31)25-13-7-12-24(20-25)21-14-16-26(17-15-21)32-19-18-30-27(22-8-3-1-4-9-22)23-10-5-2-6-11-23/h1-17,20,27,30H,18-19H2,(H2,29,31). The summed E-state index contributed by atoms with van der Waals surface area (Å²) in [4.78, 5) is 11.4. The van der Waals surface area contributed by atoms with Crippen molar-refractivity contribution in [2.45, 2.75) is 6.04 Å². The Labute approximate surface area is 188 Å². The van der Waals surface area contributed by atoms with Gasteiger partial charge in [-0.05, 0) is 46.5 Å². The summed E-state index contributed by atoms with van der Waals surface area (Å²) in [5, 5.41) is 3.61. The fourth-order valence-corrected chi connectivity index (χ4v) is 3.69. The Morgan fingerprint density at radius 1 is 0.750 bits per heavy atom. The number of rotatable bonds is 9. The van der Waals surface area contributed by atoms with Gasteiger partial charge in [-0.15, -0.1) is 0 Å². The van der Waals surface area contributed by atoms with Crippen molar-refractivity contribution in [2.75, 3.05) is 13.2 Å². The van der Waals surface area contributed by atoms with Crippen LogP contribution in [0.2, 0.25) is 0 Å². The van der Waals surface area contributed by atoms with Gasteiger partial charge in [0.2, 0.25) is 5.91 Å². The van der Waals surface area contributed by atoms with Crippen LogP contribution in [-0.4, -0.2) is 19.1 Å². The van der Waals surface area contributed by atoms with Gasteiger partial charge in [-0.1, -0.05) is 84.9 Å². The zero-order chi connectivity index (χ0) is 22.2. The maximum atomic E-state index is 11.4. The lowest BCUT2D eigenvalue weighted by molar-refractivity contribution is 0.100. The number of carbonyl (C=O) groups excluding carboxylic acids is 1. The highest BCUT2D eigenvalue weighted by Gasteiger charge is 2.12. The summed E-state index contributed by atoms with van der Waals surface area (Å²) in [6.07, 6.45) is 0. The van der Waals surface area contributed by atoms with E-state index in [2.05, 4.69) is 53.8 Å². The average Bonchev–Trinajstić information content (AvgIpc) is 2.85. The highest BCUT2D eigenvalue weighted by Crippen LogP contribution is 2.24. The lowest BCUT2D eigenvalue weighted by Gasteiger charge is -2.20. The molecule has 0 spiro atoms. The van der Waals surface area contributed by atoms with Crippen molar-refractivity contribution >= 4 is 5.91 Å². The molecule has 4 rings (SSSR count). The number of nitrogens with two attached hydrogens (primary N) is 1. The number of benzene rings is 4. The maximum absolute atomic E-state index is 11.4. The second-order valence-electron chi connectivity index (χ2n) is 7.53. The van der Waals surface area contributed by atoms with E-state index in [-0.39, 0.29) is 6.04 Å². The summed E-state index contributed by atoms with van der Waals surface area (Å²) >= 11 is 0. The molecule has 4 aromatic rings. The quantitative estimate of drug-likeness (QED) is 0.364. The van der Waals surface area contributed by atoms with E-state index in [1.807, 2.05) is 48.5 Å². The predicted octanol–water partition coefficient (Wildman–Crippen LogP) is 5.21. The molecule has 0 bridgehead atoms. The highest BCUT2D eigenvalue weighted by molar-refractivity contribution is 5.94. The van der Waals surface area contributed by atoms with Crippen LogP contribution in [0.4, 0.5) is 0 Å². The maximum Gasteiger partial charge on any atom is 0.248 e. The lowest BCUT2D eigenvalue weighted by atomic mass is 9.99. The Bertz CT molecular complexity index is 1100. The Balaban J connectivity index is 1.36. The third kappa shape index (κ3) is 5.42. The first-order chi connectivity index (χ1) is 15.7. The van der Waals surface area contributed by atoms with Crippen LogP contribution in [0.1, 0.15) is 27.5 Å². The molecular weight excluding hydrogens is 396 g/mol. The molecule has 160 valence electrons. The minimum absolute atomic E-state index is 0.112. The molecular formula is C28H26N2O2. The largest absolute Gasteiger partial charge is 0.492 e. The van der Waals surface area contributed by atoms with Crippen LogP contribution in [-0.2, 0) is 0 Å². The summed E-state index contributed by atoms with van der Waals surface area (Å²) in [5.74, 6) is 0.376. The molecule has 0 radical (unpaired) electrons. The number of hydrogen-bond acceptors (Lipinski definition) is 3. The highest BCUT2D eigenvalue weighted by atomic mass is 16.5. The molecule has 0 aliphatic heterocycles. The van der Waals surface area contributed by atoms with Crippen LogP contribution < -0.4 is 15.8 Å². The van der Waals surface area contributed by atoms with E-state index in [1.54, 1.807) is 12.1 Å². The molecule has 32 heavy (non-hydrogen) atoms. The second-order valence-corrected chi connectivity index (χ2v) is 7.53. The van der Waals surface area contributed by atoms with Gasteiger partial charge in [-0.3, -0.25) is 4.79 Å². The van der Waals surface area contributed by atoms with Crippen molar-refractivity contribution in [3.8, 4) is 16.9 Å². The Hall–Kier alpha value is -3.89. The normalized spacial score (nSPS) is 10.8. The number of nitrogens with one attached hydrogen (secondary N) is 1. The van der Waals surface area contributed by atoms with E-state index in [9.17, 15) is 4.79 Å². The van der Waals surface area contributed by atoms with Crippen LogP contribution in [0.15, 0.2) is 109 Å². The molecule has 0 unspecified atom stereocenters. The lowest BCUT2D eigenvalue weighted by Crippen LogP contribution is -2.27. The van der Waals surface area contributed by atoms with Crippen LogP contribution in [0.25, 0.3) is 11.1 Å². The van der Waals surface area contributed by atoms with Crippen molar-refractivity contribution in [3.63, 3.8) is 0 Å². The van der Waals surface area contributed by atoms with Gasteiger partial charge < -0.3 is 15.8 Å². The van der Waals surface area contributed by atoms with E-state index in [0.29, 0.717) is 18.7 Å². The summed E-state index contributed by atoms with van der Waals surface area (Å²) in [7, 11) is 0. The third-order valence-electron chi connectivity index (χ3n) is 5.32. The molecule has 4 aromatic carbocycles. The summed E-state index contributed by atoms with van der Waals surface area (Å²) in [5.41, 5.74) is 10.3. The number of ether oxygens (including phenoxy) is 1. The molecule has 0 aliphatic rings. The Kier molecular flexibility index (Phi) is 6.95. The third-order valence-corrected chi connectivity index (χ3v) is 5.32. The van der Waals surface area contributed by atoms with E-state index < -0.39 is 5.91 Å².